The summed E-state index contributed by atoms with van der Waals surface area (Å²) in [6, 6.07) is 7.54. The van der Waals surface area contributed by atoms with Gasteiger partial charge in [0.1, 0.15) is 5.75 Å². The quantitative estimate of drug-likeness (QED) is 0.731. The molecule has 4 heteroatoms. The Kier molecular flexibility index (Phi) is 4.53. The summed E-state index contributed by atoms with van der Waals surface area (Å²) >= 11 is 0. The fourth-order valence-corrected chi connectivity index (χ4v) is 1.70. The smallest absolute Gasteiger partial charge is 0.165 e. The number of Topliss-reactive ketones (excluding diaryl/α,β-unsaturated/α-hetero) is 1. The zero-order valence-corrected chi connectivity index (χ0v) is 10.4. The Hall–Kier alpha value is -2.02. The van der Waals surface area contributed by atoms with E-state index in [0.717, 1.165) is 5.69 Å². The topological polar surface area (TPSA) is 53.3 Å². The fourth-order valence-electron chi connectivity index (χ4n) is 1.70. The van der Waals surface area contributed by atoms with Gasteiger partial charge in [0, 0.05) is 13.6 Å². The molecule has 0 fully saturated rings. The van der Waals surface area contributed by atoms with Crippen LogP contribution in [0.2, 0.25) is 0 Å². The van der Waals surface area contributed by atoms with Crippen molar-refractivity contribution in [2.24, 2.45) is 0 Å². The second-order valence-corrected chi connectivity index (χ2v) is 3.74. The third-order valence-electron chi connectivity index (χ3n) is 2.55. The number of ketones is 1. The van der Waals surface area contributed by atoms with Crippen molar-refractivity contribution in [3.63, 3.8) is 0 Å². The van der Waals surface area contributed by atoms with Crippen LogP contribution in [0.1, 0.15) is 23.7 Å². The molecule has 0 bridgehead atoms. The van der Waals surface area contributed by atoms with Crippen LogP contribution in [0.15, 0.2) is 18.2 Å². The first-order valence-electron chi connectivity index (χ1n) is 5.37. The highest BCUT2D eigenvalue weighted by Crippen LogP contribution is 2.29. The van der Waals surface area contributed by atoms with E-state index in [1.54, 1.807) is 13.2 Å². The van der Waals surface area contributed by atoms with Gasteiger partial charge in [-0.2, -0.15) is 5.26 Å². The molecule has 90 valence electrons. The van der Waals surface area contributed by atoms with Crippen LogP contribution in [0.4, 0.5) is 5.69 Å². The monoisotopic (exact) mass is 232 g/mol. The third-order valence-corrected chi connectivity index (χ3v) is 2.55. The summed E-state index contributed by atoms with van der Waals surface area (Å²) in [5, 5.41) is 8.57. The lowest BCUT2D eigenvalue weighted by atomic mass is 10.1. The SMILES string of the molecule is COc1cccc(N(C)CCC#N)c1C(C)=O. The minimum absolute atomic E-state index is 0.0405. The Bertz CT molecular complexity index is 449. The zero-order valence-electron chi connectivity index (χ0n) is 10.4. The predicted octanol–water partition coefficient (Wildman–Crippen LogP) is 2.25. The lowest BCUT2D eigenvalue weighted by Crippen LogP contribution is -2.20. The van der Waals surface area contributed by atoms with Crippen LogP contribution < -0.4 is 9.64 Å². The Balaban J connectivity index is 3.14. The standard InChI is InChI=1S/C13H16N2O2/c1-10(16)13-11(15(2)9-5-8-14)6-4-7-12(13)17-3/h4,6-7H,5,9H2,1-3H3. The summed E-state index contributed by atoms with van der Waals surface area (Å²) in [6.07, 6.45) is 0.422. The summed E-state index contributed by atoms with van der Waals surface area (Å²) in [5.74, 6) is 0.528. The van der Waals surface area contributed by atoms with Crippen molar-refractivity contribution >= 4 is 11.5 Å². The minimum Gasteiger partial charge on any atom is -0.496 e. The van der Waals surface area contributed by atoms with Gasteiger partial charge in [-0.1, -0.05) is 6.07 Å². The van der Waals surface area contributed by atoms with Gasteiger partial charge in [-0.15, -0.1) is 0 Å². The van der Waals surface area contributed by atoms with Crippen molar-refractivity contribution in [1.29, 1.82) is 5.26 Å². The van der Waals surface area contributed by atoms with Crippen molar-refractivity contribution in [3.05, 3.63) is 23.8 Å². The molecule has 0 saturated heterocycles. The van der Waals surface area contributed by atoms with Crippen molar-refractivity contribution in [1.82, 2.24) is 0 Å². The summed E-state index contributed by atoms with van der Waals surface area (Å²) in [7, 11) is 3.40. The van der Waals surface area contributed by atoms with Gasteiger partial charge in [0.25, 0.3) is 0 Å². The molecule has 0 aliphatic carbocycles. The summed E-state index contributed by atoms with van der Waals surface area (Å²) < 4.78 is 5.19. The van der Waals surface area contributed by atoms with Crippen LogP contribution in [0.5, 0.6) is 5.75 Å². The van der Waals surface area contributed by atoms with Gasteiger partial charge in [-0.3, -0.25) is 4.79 Å². The first-order chi connectivity index (χ1) is 8.11. The van der Waals surface area contributed by atoms with E-state index in [-0.39, 0.29) is 5.78 Å². The van der Waals surface area contributed by atoms with Gasteiger partial charge >= 0.3 is 0 Å². The zero-order chi connectivity index (χ0) is 12.8. The molecule has 0 saturated carbocycles. The van der Waals surface area contributed by atoms with E-state index in [1.807, 2.05) is 24.1 Å². The first-order valence-corrected chi connectivity index (χ1v) is 5.37. The molecule has 0 heterocycles. The number of methoxy groups -OCH3 is 1. The predicted molar refractivity (Wildman–Crippen MR) is 66.5 cm³/mol. The van der Waals surface area contributed by atoms with Crippen molar-refractivity contribution in [2.75, 3.05) is 25.6 Å². The van der Waals surface area contributed by atoms with Crippen LogP contribution in [-0.2, 0) is 0 Å². The van der Waals surface area contributed by atoms with Crippen molar-refractivity contribution in [3.8, 4) is 11.8 Å². The molecule has 0 spiro atoms. The maximum absolute atomic E-state index is 11.7. The van der Waals surface area contributed by atoms with Crippen LogP contribution in [0.3, 0.4) is 0 Å². The average molecular weight is 232 g/mol. The maximum atomic E-state index is 11.7. The molecule has 17 heavy (non-hydrogen) atoms. The number of hydrogen-bond acceptors (Lipinski definition) is 4. The van der Waals surface area contributed by atoms with E-state index >= 15 is 0 Å². The number of carbonyl (C=O) groups excluding carboxylic acids is 1. The first kappa shape index (κ1) is 13.0. The van der Waals surface area contributed by atoms with Gasteiger partial charge < -0.3 is 9.64 Å². The number of hydrogen-bond donors (Lipinski definition) is 0. The lowest BCUT2D eigenvalue weighted by Gasteiger charge is -2.21. The Morgan fingerprint density at radius 3 is 2.76 bits per heavy atom. The molecular weight excluding hydrogens is 216 g/mol. The molecule has 4 nitrogen and oxygen atoms in total. The maximum Gasteiger partial charge on any atom is 0.165 e. The molecule has 0 unspecified atom stereocenters. The normalized spacial score (nSPS) is 9.53. The van der Waals surface area contributed by atoms with Crippen LogP contribution >= 0.6 is 0 Å². The molecule has 0 aliphatic heterocycles. The van der Waals surface area contributed by atoms with Gasteiger partial charge in [-0.25, -0.2) is 0 Å². The summed E-state index contributed by atoms with van der Waals surface area (Å²) in [4.78, 5) is 13.5. The molecular formula is C13H16N2O2. The van der Waals surface area contributed by atoms with E-state index in [2.05, 4.69) is 6.07 Å². The van der Waals surface area contributed by atoms with Crippen LogP contribution in [0.25, 0.3) is 0 Å². The van der Waals surface area contributed by atoms with E-state index in [4.69, 9.17) is 10.00 Å². The molecule has 1 aromatic carbocycles. The van der Waals surface area contributed by atoms with Crippen molar-refractivity contribution < 1.29 is 9.53 Å². The van der Waals surface area contributed by atoms with Gasteiger partial charge in [-0.05, 0) is 19.1 Å². The molecule has 1 rings (SSSR count). The highest BCUT2D eigenvalue weighted by Gasteiger charge is 2.15. The highest BCUT2D eigenvalue weighted by atomic mass is 16.5. The number of nitriles is 1. The lowest BCUT2D eigenvalue weighted by molar-refractivity contribution is 0.101. The highest BCUT2D eigenvalue weighted by molar-refractivity contribution is 6.02. The molecule has 1 aromatic rings. The van der Waals surface area contributed by atoms with Gasteiger partial charge in [0.15, 0.2) is 5.78 Å². The largest absolute Gasteiger partial charge is 0.496 e. The number of carbonyl (C=O) groups is 1. The van der Waals surface area contributed by atoms with E-state index in [1.165, 1.54) is 6.92 Å². The van der Waals surface area contributed by atoms with Gasteiger partial charge in [0.05, 0.1) is 30.9 Å². The minimum atomic E-state index is -0.0405. The van der Waals surface area contributed by atoms with E-state index in [9.17, 15) is 4.79 Å². The average Bonchev–Trinajstić information content (AvgIpc) is 2.34. The molecule has 0 radical (unpaired) electrons. The molecule has 0 aromatic heterocycles. The number of ether oxygens (including phenoxy) is 1. The van der Waals surface area contributed by atoms with Crippen molar-refractivity contribution in [2.45, 2.75) is 13.3 Å². The number of anilines is 1. The fraction of sp³-hybridized carbons (Fsp3) is 0.385. The Morgan fingerprint density at radius 2 is 2.24 bits per heavy atom. The van der Waals surface area contributed by atoms with Gasteiger partial charge in [0.2, 0.25) is 0 Å². The molecule has 0 amide bonds. The Labute approximate surface area is 101 Å². The second kappa shape index (κ2) is 5.90. The van der Waals surface area contributed by atoms with E-state index < -0.39 is 0 Å². The third kappa shape index (κ3) is 2.97. The molecule has 0 N–H and O–H groups in total. The van der Waals surface area contributed by atoms with Crippen LogP contribution in [0, 0.1) is 11.3 Å². The second-order valence-electron chi connectivity index (χ2n) is 3.74. The van der Waals surface area contributed by atoms with Crippen LogP contribution in [-0.4, -0.2) is 26.5 Å². The summed E-state index contributed by atoms with van der Waals surface area (Å²) in [6.45, 7) is 2.10. The molecule has 0 aliphatic rings. The van der Waals surface area contributed by atoms with E-state index in [0.29, 0.717) is 24.3 Å². The summed E-state index contributed by atoms with van der Waals surface area (Å²) in [5.41, 5.74) is 1.36. The Morgan fingerprint density at radius 1 is 1.53 bits per heavy atom. The number of rotatable bonds is 5. The number of nitrogens with zero attached hydrogens (tertiary/aromatic N) is 2. The molecule has 0 atom stereocenters. The number of benzene rings is 1.